The van der Waals surface area contributed by atoms with Crippen LogP contribution in [0.5, 0.6) is 5.75 Å². The zero-order valence-electron chi connectivity index (χ0n) is 13.7. The quantitative estimate of drug-likeness (QED) is 0.548. The van der Waals surface area contributed by atoms with E-state index in [2.05, 4.69) is 5.32 Å². The molecule has 0 fully saturated rings. The number of carbonyl (C=O) groups is 3. The number of benzene rings is 1. The van der Waals surface area contributed by atoms with Crippen LogP contribution in [0.1, 0.15) is 12.0 Å². The molecule has 0 saturated heterocycles. The van der Waals surface area contributed by atoms with Gasteiger partial charge in [0.1, 0.15) is 5.75 Å². The Labute approximate surface area is 146 Å². The molecule has 26 heavy (non-hydrogen) atoms. The lowest BCUT2D eigenvalue weighted by molar-refractivity contribution is -0.192. The number of amides is 1. The van der Waals surface area contributed by atoms with Gasteiger partial charge in [-0.25, -0.2) is 4.79 Å². The Morgan fingerprint density at radius 2 is 1.85 bits per heavy atom. The number of ether oxygens (including phenoxy) is 1. The second-order valence-corrected chi connectivity index (χ2v) is 4.90. The molecule has 1 aromatic rings. The van der Waals surface area contributed by atoms with E-state index in [1.807, 2.05) is 24.3 Å². The van der Waals surface area contributed by atoms with Crippen LogP contribution in [-0.4, -0.2) is 53.9 Å². The topological polar surface area (TPSA) is 139 Å². The maximum Gasteiger partial charge on any atom is 0.490 e. The third kappa shape index (κ3) is 10.1. The molecule has 1 rings (SSSR count). The monoisotopic (exact) mass is 380 g/mol. The number of nitrogens with two attached hydrogens (primary N) is 1. The minimum Gasteiger partial charge on any atom is -0.497 e. The van der Waals surface area contributed by atoms with Crippen molar-refractivity contribution in [3.63, 3.8) is 0 Å². The van der Waals surface area contributed by atoms with Crippen molar-refractivity contribution in [1.82, 2.24) is 5.32 Å². The fourth-order valence-electron chi connectivity index (χ4n) is 1.57. The molecule has 0 aliphatic rings. The van der Waals surface area contributed by atoms with Gasteiger partial charge in [0.15, 0.2) is 0 Å². The summed E-state index contributed by atoms with van der Waals surface area (Å²) >= 11 is 0. The highest BCUT2D eigenvalue weighted by atomic mass is 19.4. The van der Waals surface area contributed by atoms with E-state index in [0.717, 1.165) is 11.3 Å². The molecule has 0 heterocycles. The minimum atomic E-state index is -5.08. The molecule has 0 aromatic heterocycles. The first-order chi connectivity index (χ1) is 12.0. The third-order valence-corrected chi connectivity index (χ3v) is 2.82. The van der Waals surface area contributed by atoms with Crippen LogP contribution in [-0.2, 0) is 20.8 Å². The lowest BCUT2D eigenvalue weighted by Gasteiger charge is -2.10. The first kappa shape index (κ1) is 23.2. The maximum atomic E-state index is 11.5. The lowest BCUT2D eigenvalue weighted by atomic mass is 10.1. The number of carboxylic acids is 2. The molecule has 1 aromatic carbocycles. The molecule has 0 saturated carbocycles. The van der Waals surface area contributed by atoms with Crippen LogP contribution in [0.25, 0.3) is 0 Å². The average molecular weight is 380 g/mol. The van der Waals surface area contributed by atoms with Crippen LogP contribution in [0.2, 0.25) is 0 Å². The van der Waals surface area contributed by atoms with E-state index in [4.69, 9.17) is 25.5 Å². The van der Waals surface area contributed by atoms with Gasteiger partial charge >= 0.3 is 18.1 Å². The summed E-state index contributed by atoms with van der Waals surface area (Å²) in [6, 6.07) is 6.49. The summed E-state index contributed by atoms with van der Waals surface area (Å²) in [7, 11) is 1.59. The Bertz CT molecular complexity index is 622. The zero-order valence-corrected chi connectivity index (χ0v) is 13.7. The molecule has 0 radical (unpaired) electrons. The van der Waals surface area contributed by atoms with Crippen molar-refractivity contribution >= 4 is 17.8 Å². The molecule has 0 unspecified atom stereocenters. The van der Waals surface area contributed by atoms with Gasteiger partial charge in [-0.3, -0.25) is 9.59 Å². The van der Waals surface area contributed by atoms with Crippen molar-refractivity contribution in [3.05, 3.63) is 29.8 Å². The molecule has 0 aliphatic heterocycles. The number of hydrogen-bond donors (Lipinski definition) is 4. The number of carbonyl (C=O) groups excluding carboxylic acids is 1. The SMILES string of the molecule is COc1cccc(CCNC(=O)[C@@H](N)CC(=O)O)c1.O=C(O)C(F)(F)F. The van der Waals surface area contributed by atoms with E-state index in [1.165, 1.54) is 0 Å². The van der Waals surface area contributed by atoms with Crippen molar-refractivity contribution in [2.24, 2.45) is 5.73 Å². The van der Waals surface area contributed by atoms with Gasteiger partial charge in [-0.05, 0) is 24.1 Å². The van der Waals surface area contributed by atoms with E-state index < -0.39 is 30.1 Å². The number of hydrogen-bond acceptors (Lipinski definition) is 5. The Morgan fingerprint density at radius 1 is 1.27 bits per heavy atom. The number of halogens is 3. The fourth-order valence-corrected chi connectivity index (χ4v) is 1.57. The van der Waals surface area contributed by atoms with E-state index in [-0.39, 0.29) is 6.42 Å². The fraction of sp³-hybridized carbons (Fsp3) is 0.400. The number of carboxylic acid groups (broad SMARTS) is 2. The number of aliphatic carboxylic acids is 2. The largest absolute Gasteiger partial charge is 0.497 e. The smallest absolute Gasteiger partial charge is 0.490 e. The van der Waals surface area contributed by atoms with Gasteiger partial charge in [0.25, 0.3) is 0 Å². The summed E-state index contributed by atoms with van der Waals surface area (Å²) in [6.07, 6.45) is -4.83. The van der Waals surface area contributed by atoms with Crippen molar-refractivity contribution in [2.75, 3.05) is 13.7 Å². The number of rotatable bonds is 7. The van der Waals surface area contributed by atoms with E-state index >= 15 is 0 Å². The van der Waals surface area contributed by atoms with E-state index in [9.17, 15) is 22.8 Å². The Kier molecular flexibility index (Phi) is 9.74. The average Bonchev–Trinajstić information content (AvgIpc) is 2.54. The zero-order chi connectivity index (χ0) is 20.3. The van der Waals surface area contributed by atoms with Gasteiger partial charge in [0.2, 0.25) is 5.91 Å². The molecule has 146 valence electrons. The second kappa shape index (κ2) is 10.9. The van der Waals surface area contributed by atoms with Crippen LogP contribution < -0.4 is 15.8 Å². The van der Waals surface area contributed by atoms with E-state index in [1.54, 1.807) is 7.11 Å². The second-order valence-electron chi connectivity index (χ2n) is 4.90. The van der Waals surface area contributed by atoms with Crippen LogP contribution in [0, 0.1) is 0 Å². The first-order valence-corrected chi connectivity index (χ1v) is 7.15. The third-order valence-electron chi connectivity index (χ3n) is 2.82. The van der Waals surface area contributed by atoms with Gasteiger partial charge < -0.3 is 26.0 Å². The van der Waals surface area contributed by atoms with Crippen LogP contribution in [0.15, 0.2) is 24.3 Å². The lowest BCUT2D eigenvalue weighted by Crippen LogP contribution is -2.42. The molecule has 1 atom stereocenters. The minimum absolute atomic E-state index is 0.370. The van der Waals surface area contributed by atoms with Gasteiger partial charge in [-0.2, -0.15) is 13.2 Å². The number of alkyl halides is 3. The standard InChI is InChI=1S/C13H18N2O4.C2HF3O2/c1-19-10-4-2-3-9(7-10)5-6-15-13(18)11(14)8-12(16)17;3-2(4,5)1(6)7/h2-4,7,11H,5-6,8,14H2,1H3,(H,15,18)(H,16,17);(H,6,7)/t11-;/m0./s1. The summed E-state index contributed by atoms with van der Waals surface area (Å²) in [6.45, 7) is 0.402. The number of nitrogens with one attached hydrogen (secondary N) is 1. The summed E-state index contributed by atoms with van der Waals surface area (Å²) in [4.78, 5) is 30.8. The molecular weight excluding hydrogens is 361 g/mol. The molecule has 5 N–H and O–H groups in total. The molecule has 0 aliphatic carbocycles. The van der Waals surface area contributed by atoms with Crippen LogP contribution in [0.4, 0.5) is 13.2 Å². The molecule has 0 bridgehead atoms. The predicted molar refractivity (Wildman–Crippen MR) is 83.6 cm³/mol. The summed E-state index contributed by atoms with van der Waals surface area (Å²) in [5.41, 5.74) is 6.45. The highest BCUT2D eigenvalue weighted by Gasteiger charge is 2.38. The molecule has 8 nitrogen and oxygen atoms in total. The van der Waals surface area contributed by atoms with Crippen molar-refractivity contribution < 1.29 is 42.5 Å². The Balaban J connectivity index is 0.000000758. The highest BCUT2D eigenvalue weighted by Crippen LogP contribution is 2.13. The first-order valence-electron chi connectivity index (χ1n) is 7.15. The predicted octanol–water partition coefficient (Wildman–Crippen LogP) is 0.789. The Morgan fingerprint density at radius 3 is 2.31 bits per heavy atom. The number of methoxy groups -OCH3 is 1. The van der Waals surface area contributed by atoms with Gasteiger partial charge in [-0.15, -0.1) is 0 Å². The van der Waals surface area contributed by atoms with Gasteiger partial charge in [0.05, 0.1) is 19.6 Å². The van der Waals surface area contributed by atoms with Crippen molar-refractivity contribution in [1.29, 1.82) is 0 Å². The molecular formula is C15H19F3N2O6. The summed E-state index contributed by atoms with van der Waals surface area (Å²) in [5, 5.41) is 18.3. The normalized spacial score (nSPS) is 11.6. The van der Waals surface area contributed by atoms with Crippen molar-refractivity contribution in [3.8, 4) is 5.75 Å². The van der Waals surface area contributed by atoms with Crippen LogP contribution in [0.3, 0.4) is 0 Å². The molecule has 11 heteroatoms. The summed E-state index contributed by atoms with van der Waals surface area (Å²) in [5.74, 6) is -3.54. The summed E-state index contributed by atoms with van der Waals surface area (Å²) < 4.78 is 36.8. The molecule has 0 spiro atoms. The van der Waals surface area contributed by atoms with Crippen molar-refractivity contribution in [2.45, 2.75) is 25.1 Å². The maximum absolute atomic E-state index is 11.5. The van der Waals surface area contributed by atoms with E-state index in [0.29, 0.717) is 13.0 Å². The van der Waals surface area contributed by atoms with Gasteiger partial charge in [0, 0.05) is 6.54 Å². The molecule has 1 amide bonds. The van der Waals surface area contributed by atoms with Crippen LogP contribution >= 0.6 is 0 Å². The van der Waals surface area contributed by atoms with Gasteiger partial charge in [-0.1, -0.05) is 12.1 Å². The highest BCUT2D eigenvalue weighted by molar-refractivity contribution is 5.85. The Hall–Kier alpha value is -2.82.